The summed E-state index contributed by atoms with van der Waals surface area (Å²) >= 11 is 3.38. The molecule has 1 aliphatic carbocycles. The molecule has 0 atom stereocenters. The third-order valence-corrected chi connectivity index (χ3v) is 3.95. The van der Waals surface area contributed by atoms with Crippen molar-refractivity contribution in [2.75, 3.05) is 13.1 Å². The Morgan fingerprint density at radius 1 is 1.53 bits per heavy atom. The molecule has 2 rings (SSSR count). The van der Waals surface area contributed by atoms with Gasteiger partial charge in [-0.1, -0.05) is 22.0 Å². The fraction of sp³-hybridized carbons (Fsp3) is 0.462. The summed E-state index contributed by atoms with van der Waals surface area (Å²) in [7, 11) is 0. The van der Waals surface area contributed by atoms with Crippen molar-refractivity contribution in [3.8, 4) is 0 Å². The van der Waals surface area contributed by atoms with Crippen LogP contribution in [0, 0.1) is 12.3 Å². The highest BCUT2D eigenvalue weighted by Crippen LogP contribution is 2.43. The van der Waals surface area contributed by atoms with Crippen LogP contribution in [0.5, 0.6) is 0 Å². The van der Waals surface area contributed by atoms with E-state index in [1.807, 2.05) is 25.1 Å². The molecule has 17 heavy (non-hydrogen) atoms. The van der Waals surface area contributed by atoms with Crippen molar-refractivity contribution in [1.82, 2.24) is 5.32 Å². The second kappa shape index (κ2) is 4.78. The lowest BCUT2D eigenvalue weighted by atomic mass is 10.1. The molecule has 3 N–H and O–H groups in total. The molecule has 1 saturated carbocycles. The molecule has 1 amide bonds. The molecule has 0 heterocycles. The van der Waals surface area contributed by atoms with E-state index >= 15 is 0 Å². The van der Waals surface area contributed by atoms with Crippen LogP contribution in [0.2, 0.25) is 0 Å². The van der Waals surface area contributed by atoms with Crippen LogP contribution in [0.3, 0.4) is 0 Å². The van der Waals surface area contributed by atoms with E-state index in [2.05, 4.69) is 21.2 Å². The van der Waals surface area contributed by atoms with Gasteiger partial charge in [-0.15, -0.1) is 0 Å². The maximum Gasteiger partial charge on any atom is 0.251 e. The highest BCUT2D eigenvalue weighted by molar-refractivity contribution is 9.10. The fourth-order valence-electron chi connectivity index (χ4n) is 1.83. The number of aryl methyl sites for hydroxylation is 1. The standard InChI is InChI=1S/C13H17BrN2O/c1-9-2-3-10(14)6-11(9)12(17)16-8-13(7-15)4-5-13/h2-3,6H,4-5,7-8,15H2,1H3,(H,16,17). The van der Waals surface area contributed by atoms with Gasteiger partial charge in [0.25, 0.3) is 5.91 Å². The second-order valence-electron chi connectivity index (χ2n) is 4.85. The van der Waals surface area contributed by atoms with Gasteiger partial charge in [0, 0.05) is 22.0 Å². The number of nitrogens with two attached hydrogens (primary N) is 1. The maximum atomic E-state index is 12.0. The molecule has 0 aromatic heterocycles. The first-order valence-corrected chi connectivity index (χ1v) is 6.60. The number of hydrogen-bond donors (Lipinski definition) is 2. The van der Waals surface area contributed by atoms with Crippen LogP contribution in [0.15, 0.2) is 22.7 Å². The lowest BCUT2D eigenvalue weighted by molar-refractivity contribution is 0.0945. The number of nitrogens with one attached hydrogen (secondary N) is 1. The van der Waals surface area contributed by atoms with Crippen molar-refractivity contribution in [3.63, 3.8) is 0 Å². The molecule has 1 fully saturated rings. The number of halogens is 1. The van der Waals surface area contributed by atoms with Crippen LogP contribution in [-0.4, -0.2) is 19.0 Å². The van der Waals surface area contributed by atoms with Crippen molar-refractivity contribution in [3.05, 3.63) is 33.8 Å². The van der Waals surface area contributed by atoms with Crippen LogP contribution in [-0.2, 0) is 0 Å². The molecule has 0 bridgehead atoms. The average molecular weight is 297 g/mol. The molecule has 0 spiro atoms. The zero-order valence-corrected chi connectivity index (χ0v) is 11.5. The van der Waals surface area contributed by atoms with E-state index in [9.17, 15) is 4.79 Å². The number of amides is 1. The van der Waals surface area contributed by atoms with E-state index < -0.39 is 0 Å². The van der Waals surface area contributed by atoms with Crippen LogP contribution < -0.4 is 11.1 Å². The van der Waals surface area contributed by atoms with Crippen molar-refractivity contribution in [2.24, 2.45) is 11.1 Å². The lowest BCUT2D eigenvalue weighted by Crippen LogP contribution is -2.34. The maximum absolute atomic E-state index is 12.0. The zero-order chi connectivity index (χ0) is 12.5. The minimum atomic E-state index is -0.0106. The molecule has 0 saturated heterocycles. The molecular formula is C13H17BrN2O. The topological polar surface area (TPSA) is 55.1 Å². The Labute approximate surface area is 110 Å². The van der Waals surface area contributed by atoms with Gasteiger partial charge in [-0.25, -0.2) is 0 Å². The molecule has 0 unspecified atom stereocenters. The summed E-state index contributed by atoms with van der Waals surface area (Å²) in [5.41, 5.74) is 7.58. The van der Waals surface area contributed by atoms with E-state index in [0.29, 0.717) is 13.1 Å². The third-order valence-electron chi connectivity index (χ3n) is 3.46. The van der Waals surface area contributed by atoms with Crippen molar-refractivity contribution in [1.29, 1.82) is 0 Å². The second-order valence-corrected chi connectivity index (χ2v) is 5.76. The van der Waals surface area contributed by atoms with E-state index in [4.69, 9.17) is 5.73 Å². The Morgan fingerprint density at radius 2 is 2.24 bits per heavy atom. The quantitative estimate of drug-likeness (QED) is 0.895. The van der Waals surface area contributed by atoms with E-state index in [1.54, 1.807) is 0 Å². The predicted molar refractivity (Wildman–Crippen MR) is 71.9 cm³/mol. The molecule has 1 aliphatic rings. The van der Waals surface area contributed by atoms with E-state index in [0.717, 1.165) is 28.4 Å². The molecule has 0 radical (unpaired) electrons. The molecular weight excluding hydrogens is 280 g/mol. The number of carbonyl (C=O) groups is 1. The molecule has 0 aliphatic heterocycles. The molecule has 92 valence electrons. The van der Waals surface area contributed by atoms with Gasteiger partial charge in [0.05, 0.1) is 0 Å². The monoisotopic (exact) mass is 296 g/mol. The van der Waals surface area contributed by atoms with Gasteiger partial charge in [-0.3, -0.25) is 4.79 Å². The summed E-state index contributed by atoms with van der Waals surface area (Å²) in [6, 6.07) is 5.73. The van der Waals surface area contributed by atoms with Crippen LogP contribution in [0.1, 0.15) is 28.8 Å². The predicted octanol–water partition coefficient (Wildman–Crippen LogP) is 2.23. The van der Waals surface area contributed by atoms with Crippen molar-refractivity contribution in [2.45, 2.75) is 19.8 Å². The smallest absolute Gasteiger partial charge is 0.251 e. The first kappa shape index (κ1) is 12.6. The van der Waals surface area contributed by atoms with Crippen molar-refractivity contribution >= 4 is 21.8 Å². The zero-order valence-electron chi connectivity index (χ0n) is 9.92. The van der Waals surface area contributed by atoms with E-state index in [-0.39, 0.29) is 11.3 Å². The van der Waals surface area contributed by atoms with Gasteiger partial charge in [0.15, 0.2) is 0 Å². The summed E-state index contributed by atoms with van der Waals surface area (Å²) in [5, 5.41) is 2.98. The number of hydrogen-bond acceptors (Lipinski definition) is 2. The molecule has 1 aromatic carbocycles. The highest BCUT2D eigenvalue weighted by Gasteiger charge is 2.41. The Morgan fingerprint density at radius 3 is 2.82 bits per heavy atom. The van der Waals surface area contributed by atoms with Gasteiger partial charge in [0.1, 0.15) is 0 Å². The Hall–Kier alpha value is -0.870. The largest absolute Gasteiger partial charge is 0.351 e. The van der Waals surface area contributed by atoms with Crippen LogP contribution in [0.25, 0.3) is 0 Å². The summed E-state index contributed by atoms with van der Waals surface area (Å²) in [6.45, 7) is 3.29. The third kappa shape index (κ3) is 2.87. The SMILES string of the molecule is Cc1ccc(Br)cc1C(=O)NCC1(CN)CC1. The van der Waals surface area contributed by atoms with Crippen molar-refractivity contribution < 1.29 is 4.79 Å². The molecule has 1 aromatic rings. The van der Waals surface area contributed by atoms with Gasteiger partial charge in [0.2, 0.25) is 0 Å². The van der Waals surface area contributed by atoms with Crippen LogP contribution in [0.4, 0.5) is 0 Å². The normalized spacial score (nSPS) is 16.6. The average Bonchev–Trinajstić information content (AvgIpc) is 3.10. The molecule has 4 heteroatoms. The van der Waals surface area contributed by atoms with E-state index in [1.165, 1.54) is 0 Å². The number of benzene rings is 1. The van der Waals surface area contributed by atoms with Gasteiger partial charge < -0.3 is 11.1 Å². The number of carbonyl (C=O) groups excluding carboxylic acids is 1. The summed E-state index contributed by atoms with van der Waals surface area (Å²) in [5.74, 6) is -0.0106. The van der Waals surface area contributed by atoms with Gasteiger partial charge in [-0.05, 0) is 44.0 Å². The first-order valence-electron chi connectivity index (χ1n) is 5.81. The first-order chi connectivity index (χ1) is 8.06. The summed E-state index contributed by atoms with van der Waals surface area (Å²) in [6.07, 6.45) is 2.25. The minimum absolute atomic E-state index is 0.0106. The lowest BCUT2D eigenvalue weighted by Gasteiger charge is -2.14. The minimum Gasteiger partial charge on any atom is -0.351 e. The van der Waals surface area contributed by atoms with Gasteiger partial charge in [-0.2, -0.15) is 0 Å². The Balaban J connectivity index is 2.02. The summed E-state index contributed by atoms with van der Waals surface area (Å²) < 4.78 is 0.924. The number of rotatable bonds is 4. The Bertz CT molecular complexity index is 441. The Kier molecular flexibility index (Phi) is 3.54. The highest BCUT2D eigenvalue weighted by atomic mass is 79.9. The fourth-order valence-corrected chi connectivity index (χ4v) is 2.19. The summed E-state index contributed by atoms with van der Waals surface area (Å²) in [4.78, 5) is 12.0. The molecule has 3 nitrogen and oxygen atoms in total. The van der Waals surface area contributed by atoms with Crippen LogP contribution >= 0.6 is 15.9 Å². The van der Waals surface area contributed by atoms with Gasteiger partial charge >= 0.3 is 0 Å².